The third-order valence-electron chi connectivity index (χ3n) is 4.51. The van der Waals surface area contributed by atoms with E-state index in [1.165, 1.54) is 12.8 Å². The molecule has 5 nitrogen and oxygen atoms in total. The van der Waals surface area contributed by atoms with E-state index in [0.29, 0.717) is 18.7 Å². The standard InChI is InChI=1S/C17H21N3O2/c18-11-13-5-7-14(8-6-13)19-12-17(21)20-9-10-22-16-4-2-1-3-15(16)20/h5-8,15-16,19H,1-4,9-10,12H2/t15-,16+/m0/s1. The summed E-state index contributed by atoms with van der Waals surface area (Å²) in [6, 6.07) is 9.49. The van der Waals surface area contributed by atoms with Gasteiger partial charge in [0.15, 0.2) is 0 Å². The Balaban J connectivity index is 1.57. The van der Waals surface area contributed by atoms with E-state index < -0.39 is 0 Å². The van der Waals surface area contributed by atoms with Gasteiger partial charge in [-0.3, -0.25) is 4.79 Å². The highest BCUT2D eigenvalue weighted by atomic mass is 16.5. The molecule has 1 aliphatic carbocycles. The zero-order valence-electron chi connectivity index (χ0n) is 12.6. The van der Waals surface area contributed by atoms with Crippen molar-refractivity contribution in [2.24, 2.45) is 0 Å². The van der Waals surface area contributed by atoms with E-state index in [0.717, 1.165) is 18.5 Å². The van der Waals surface area contributed by atoms with Gasteiger partial charge < -0.3 is 15.0 Å². The lowest BCUT2D eigenvalue weighted by atomic mass is 9.90. The minimum atomic E-state index is 0.129. The smallest absolute Gasteiger partial charge is 0.242 e. The summed E-state index contributed by atoms with van der Waals surface area (Å²) < 4.78 is 5.81. The molecule has 1 amide bonds. The van der Waals surface area contributed by atoms with Gasteiger partial charge in [0.2, 0.25) is 5.91 Å². The predicted molar refractivity (Wildman–Crippen MR) is 83.4 cm³/mol. The van der Waals surface area contributed by atoms with E-state index in [1.54, 1.807) is 12.1 Å². The van der Waals surface area contributed by atoms with Gasteiger partial charge in [0, 0.05) is 12.2 Å². The predicted octanol–water partition coefficient (Wildman–Crippen LogP) is 2.14. The van der Waals surface area contributed by atoms with Crippen molar-refractivity contribution in [1.82, 2.24) is 4.90 Å². The first-order valence-electron chi connectivity index (χ1n) is 7.93. The number of ether oxygens (including phenoxy) is 1. The summed E-state index contributed by atoms with van der Waals surface area (Å²) in [5.41, 5.74) is 1.48. The lowest BCUT2D eigenvalue weighted by molar-refractivity contribution is -0.147. The van der Waals surface area contributed by atoms with Gasteiger partial charge in [-0.15, -0.1) is 0 Å². The monoisotopic (exact) mass is 299 g/mol. The van der Waals surface area contributed by atoms with Crippen molar-refractivity contribution in [2.45, 2.75) is 37.8 Å². The average molecular weight is 299 g/mol. The summed E-state index contributed by atoms with van der Waals surface area (Å²) in [5.74, 6) is 0.129. The van der Waals surface area contributed by atoms with Crippen LogP contribution in [0.2, 0.25) is 0 Å². The number of rotatable bonds is 3. The zero-order valence-corrected chi connectivity index (χ0v) is 12.6. The minimum absolute atomic E-state index is 0.129. The molecule has 1 saturated heterocycles. The van der Waals surface area contributed by atoms with Crippen LogP contribution in [-0.4, -0.2) is 42.6 Å². The molecular weight excluding hydrogens is 278 g/mol. The Morgan fingerprint density at radius 3 is 2.86 bits per heavy atom. The minimum Gasteiger partial charge on any atom is -0.376 e. The third kappa shape index (κ3) is 3.23. The first-order chi connectivity index (χ1) is 10.8. The maximum Gasteiger partial charge on any atom is 0.242 e. The number of hydrogen-bond acceptors (Lipinski definition) is 4. The van der Waals surface area contributed by atoms with Crippen LogP contribution in [0.5, 0.6) is 0 Å². The molecule has 0 radical (unpaired) electrons. The molecule has 1 aliphatic heterocycles. The second kappa shape index (κ2) is 6.80. The number of nitriles is 1. The molecule has 116 valence electrons. The molecule has 1 aromatic rings. The average Bonchev–Trinajstić information content (AvgIpc) is 2.59. The van der Waals surface area contributed by atoms with Crippen molar-refractivity contribution < 1.29 is 9.53 Å². The van der Waals surface area contributed by atoms with E-state index in [1.807, 2.05) is 17.0 Å². The molecule has 1 saturated carbocycles. The summed E-state index contributed by atoms with van der Waals surface area (Å²) in [4.78, 5) is 14.5. The van der Waals surface area contributed by atoms with Gasteiger partial charge in [0.05, 0.1) is 36.9 Å². The maximum absolute atomic E-state index is 12.5. The number of benzene rings is 1. The Bertz CT molecular complexity index is 562. The Morgan fingerprint density at radius 2 is 2.09 bits per heavy atom. The van der Waals surface area contributed by atoms with Crippen LogP contribution in [0.3, 0.4) is 0 Å². The second-order valence-electron chi connectivity index (χ2n) is 5.89. The van der Waals surface area contributed by atoms with Crippen molar-refractivity contribution in [1.29, 1.82) is 5.26 Å². The van der Waals surface area contributed by atoms with Crippen molar-refractivity contribution in [3.63, 3.8) is 0 Å². The Morgan fingerprint density at radius 1 is 1.32 bits per heavy atom. The number of fused-ring (bicyclic) bond motifs is 1. The normalized spacial score (nSPS) is 24.2. The number of carbonyl (C=O) groups is 1. The molecule has 1 aromatic carbocycles. The molecule has 0 unspecified atom stereocenters. The highest BCUT2D eigenvalue weighted by Gasteiger charge is 2.36. The number of carbonyl (C=O) groups excluding carboxylic acids is 1. The number of morpholine rings is 1. The number of nitrogens with zero attached hydrogens (tertiary/aromatic N) is 2. The fourth-order valence-corrected chi connectivity index (χ4v) is 3.35. The number of anilines is 1. The molecule has 2 fully saturated rings. The number of amides is 1. The summed E-state index contributed by atoms with van der Waals surface area (Å²) in [6.45, 7) is 1.62. The maximum atomic E-state index is 12.5. The Kier molecular flexibility index (Phi) is 4.59. The van der Waals surface area contributed by atoms with Gasteiger partial charge in [-0.1, -0.05) is 12.8 Å². The summed E-state index contributed by atoms with van der Waals surface area (Å²) >= 11 is 0. The first-order valence-corrected chi connectivity index (χ1v) is 7.93. The molecule has 1 N–H and O–H groups in total. The van der Waals surface area contributed by atoms with Crippen LogP contribution in [0.4, 0.5) is 5.69 Å². The van der Waals surface area contributed by atoms with Gasteiger partial charge >= 0.3 is 0 Å². The summed E-state index contributed by atoms with van der Waals surface area (Å²) in [5, 5.41) is 11.9. The molecule has 0 bridgehead atoms. The summed E-state index contributed by atoms with van der Waals surface area (Å²) in [7, 11) is 0. The lowest BCUT2D eigenvalue weighted by Crippen LogP contribution is -2.56. The van der Waals surface area contributed by atoms with Gasteiger partial charge in [-0.2, -0.15) is 5.26 Å². The molecule has 0 spiro atoms. The lowest BCUT2D eigenvalue weighted by Gasteiger charge is -2.43. The first kappa shape index (κ1) is 14.9. The van der Waals surface area contributed by atoms with Crippen LogP contribution in [-0.2, 0) is 9.53 Å². The highest BCUT2D eigenvalue weighted by molar-refractivity contribution is 5.81. The van der Waals surface area contributed by atoms with E-state index in [-0.39, 0.29) is 24.6 Å². The molecule has 0 aromatic heterocycles. The molecular formula is C17H21N3O2. The van der Waals surface area contributed by atoms with Crippen LogP contribution in [0, 0.1) is 11.3 Å². The van der Waals surface area contributed by atoms with Crippen LogP contribution in [0.25, 0.3) is 0 Å². The molecule has 3 rings (SSSR count). The second-order valence-corrected chi connectivity index (χ2v) is 5.89. The van der Waals surface area contributed by atoms with Gasteiger partial charge in [-0.25, -0.2) is 0 Å². The SMILES string of the molecule is N#Cc1ccc(NCC(=O)N2CCO[C@@H]3CCCC[C@@H]32)cc1. The molecule has 5 heteroatoms. The van der Waals surface area contributed by atoms with Crippen molar-refractivity contribution in [2.75, 3.05) is 25.0 Å². The van der Waals surface area contributed by atoms with Crippen LogP contribution in [0.15, 0.2) is 24.3 Å². The molecule has 1 heterocycles. The van der Waals surface area contributed by atoms with Crippen LogP contribution < -0.4 is 5.32 Å². The van der Waals surface area contributed by atoms with E-state index in [9.17, 15) is 4.79 Å². The van der Waals surface area contributed by atoms with Crippen molar-refractivity contribution in [3.05, 3.63) is 29.8 Å². The van der Waals surface area contributed by atoms with Gasteiger partial charge in [0.1, 0.15) is 0 Å². The zero-order chi connectivity index (χ0) is 15.4. The van der Waals surface area contributed by atoms with E-state index in [2.05, 4.69) is 11.4 Å². The highest BCUT2D eigenvalue weighted by Crippen LogP contribution is 2.28. The molecule has 2 aliphatic rings. The summed E-state index contributed by atoms with van der Waals surface area (Å²) in [6.07, 6.45) is 4.72. The van der Waals surface area contributed by atoms with E-state index >= 15 is 0 Å². The van der Waals surface area contributed by atoms with Crippen molar-refractivity contribution >= 4 is 11.6 Å². The Hall–Kier alpha value is -2.06. The quantitative estimate of drug-likeness (QED) is 0.928. The fraction of sp³-hybridized carbons (Fsp3) is 0.529. The fourth-order valence-electron chi connectivity index (χ4n) is 3.35. The van der Waals surface area contributed by atoms with Gasteiger partial charge in [0.25, 0.3) is 0 Å². The largest absolute Gasteiger partial charge is 0.376 e. The number of hydrogen-bond donors (Lipinski definition) is 1. The van der Waals surface area contributed by atoms with Crippen LogP contribution >= 0.6 is 0 Å². The van der Waals surface area contributed by atoms with Crippen molar-refractivity contribution in [3.8, 4) is 6.07 Å². The number of nitrogens with one attached hydrogen (secondary N) is 1. The topological polar surface area (TPSA) is 65.4 Å². The Labute approximate surface area is 130 Å². The van der Waals surface area contributed by atoms with Crippen LogP contribution in [0.1, 0.15) is 31.2 Å². The molecule has 22 heavy (non-hydrogen) atoms. The van der Waals surface area contributed by atoms with Gasteiger partial charge in [-0.05, 0) is 37.1 Å². The molecule has 2 atom stereocenters. The third-order valence-corrected chi connectivity index (χ3v) is 4.51. The van der Waals surface area contributed by atoms with E-state index in [4.69, 9.17) is 10.00 Å².